The smallest absolute Gasteiger partial charge is 0.255 e. The van der Waals surface area contributed by atoms with Crippen molar-refractivity contribution in [3.63, 3.8) is 0 Å². The summed E-state index contributed by atoms with van der Waals surface area (Å²) >= 11 is 0. The molecule has 0 bridgehead atoms. The Morgan fingerprint density at radius 2 is 2.10 bits per heavy atom. The van der Waals surface area contributed by atoms with E-state index in [1.807, 2.05) is 23.1 Å². The van der Waals surface area contributed by atoms with Crippen molar-refractivity contribution in [2.45, 2.75) is 50.4 Å². The van der Waals surface area contributed by atoms with Crippen molar-refractivity contribution >= 4 is 16.8 Å². The van der Waals surface area contributed by atoms with E-state index in [9.17, 15) is 18.7 Å². The summed E-state index contributed by atoms with van der Waals surface area (Å²) in [6.45, 7) is 2.38. The summed E-state index contributed by atoms with van der Waals surface area (Å²) in [5.41, 5.74) is 3.16. The number of carbonyl (C=O) groups excluding carboxylic acids is 1. The number of hydrogen-bond acceptors (Lipinski definition) is 5. The predicted molar refractivity (Wildman–Crippen MR) is 106 cm³/mol. The van der Waals surface area contributed by atoms with Gasteiger partial charge in [0.2, 0.25) is 0 Å². The van der Waals surface area contributed by atoms with Crippen LogP contribution in [0.2, 0.25) is 0 Å². The van der Waals surface area contributed by atoms with E-state index < -0.39 is 12.0 Å². The van der Waals surface area contributed by atoms with Crippen LogP contribution in [-0.2, 0) is 17.8 Å². The zero-order chi connectivity index (χ0) is 20.9. The van der Waals surface area contributed by atoms with E-state index in [2.05, 4.69) is 4.98 Å². The quantitative estimate of drug-likeness (QED) is 0.832. The minimum Gasteiger partial charge on any atom is -0.391 e. The Bertz CT molecular complexity index is 973. The van der Waals surface area contributed by atoms with Gasteiger partial charge in [0.15, 0.2) is 0 Å². The second kappa shape index (κ2) is 7.51. The number of aliphatic hydroxyl groups excluding tert-OH is 1. The summed E-state index contributed by atoms with van der Waals surface area (Å²) in [5.74, 6) is -2.71. The topological polar surface area (TPSA) is 65.9 Å². The fraction of sp³-hybridized carbons (Fsp3) is 0.545. The first-order chi connectivity index (χ1) is 14.4. The Morgan fingerprint density at radius 1 is 1.30 bits per heavy atom. The number of alkyl halides is 2. The summed E-state index contributed by atoms with van der Waals surface area (Å²) in [6.07, 6.45) is 1.33. The second-order valence-corrected chi connectivity index (χ2v) is 8.52. The number of carbonyl (C=O) groups is 1. The van der Waals surface area contributed by atoms with Gasteiger partial charge in [0.1, 0.15) is 0 Å². The van der Waals surface area contributed by atoms with Crippen LogP contribution in [0, 0.1) is 0 Å². The van der Waals surface area contributed by atoms with Crippen LogP contribution in [0.25, 0.3) is 10.9 Å². The number of likely N-dealkylation sites (tertiary alicyclic amines) is 1. The molecule has 2 aromatic rings. The number of ether oxygens (including phenoxy) is 1. The van der Waals surface area contributed by atoms with E-state index in [0.717, 1.165) is 22.0 Å². The van der Waals surface area contributed by atoms with Gasteiger partial charge in [-0.15, -0.1) is 0 Å². The molecule has 1 N–H and O–H groups in total. The van der Waals surface area contributed by atoms with E-state index in [1.165, 1.54) is 0 Å². The van der Waals surface area contributed by atoms with E-state index in [4.69, 9.17) is 4.74 Å². The number of hydrogen-bond donors (Lipinski definition) is 1. The normalized spacial score (nSPS) is 26.9. The van der Waals surface area contributed by atoms with Crippen molar-refractivity contribution in [3.05, 3.63) is 41.1 Å². The van der Waals surface area contributed by atoms with Crippen molar-refractivity contribution in [1.82, 2.24) is 14.8 Å². The molecule has 0 aliphatic carbocycles. The zero-order valence-electron chi connectivity index (χ0n) is 16.7. The largest absolute Gasteiger partial charge is 0.391 e. The molecule has 2 fully saturated rings. The molecule has 30 heavy (non-hydrogen) atoms. The molecular weight excluding hydrogens is 392 g/mol. The molecule has 2 atom stereocenters. The van der Waals surface area contributed by atoms with Gasteiger partial charge in [-0.2, -0.15) is 0 Å². The minimum atomic E-state index is -2.59. The monoisotopic (exact) mass is 417 g/mol. The number of benzene rings is 1. The van der Waals surface area contributed by atoms with Crippen LogP contribution in [0.15, 0.2) is 24.4 Å². The first-order valence-electron chi connectivity index (χ1n) is 10.5. The standard InChI is InChI=1S/C22H25F2N3O3/c23-22(24)4-7-26(8-5-22)11-14-10-16-17(20-15(14)2-1-6-25-20)12-27(21(16)29)18-13-30-9-3-19(18)28/h1-2,6,10,18-19,28H,3-5,7-9,11-13H2. The van der Waals surface area contributed by atoms with E-state index in [0.29, 0.717) is 51.4 Å². The van der Waals surface area contributed by atoms with Crippen LogP contribution in [0.3, 0.4) is 0 Å². The Morgan fingerprint density at radius 3 is 2.87 bits per heavy atom. The van der Waals surface area contributed by atoms with Crippen molar-refractivity contribution < 1.29 is 23.4 Å². The molecule has 8 heteroatoms. The molecule has 1 amide bonds. The molecule has 3 aliphatic rings. The van der Waals surface area contributed by atoms with Crippen molar-refractivity contribution in [2.24, 2.45) is 0 Å². The summed E-state index contributed by atoms with van der Waals surface area (Å²) in [7, 11) is 0. The summed E-state index contributed by atoms with van der Waals surface area (Å²) < 4.78 is 32.6. The number of aliphatic hydroxyl groups is 1. The lowest BCUT2D eigenvalue weighted by Gasteiger charge is -2.34. The first-order valence-corrected chi connectivity index (χ1v) is 10.5. The Kier molecular flexibility index (Phi) is 4.95. The third-order valence-electron chi connectivity index (χ3n) is 6.58. The van der Waals surface area contributed by atoms with Crippen LogP contribution in [0.1, 0.15) is 40.7 Å². The zero-order valence-corrected chi connectivity index (χ0v) is 16.7. The maximum absolute atomic E-state index is 13.5. The molecule has 0 spiro atoms. The van der Waals surface area contributed by atoms with Crippen LogP contribution < -0.4 is 0 Å². The van der Waals surface area contributed by atoms with Crippen molar-refractivity contribution in [2.75, 3.05) is 26.3 Å². The predicted octanol–water partition coefficient (Wildman–Crippen LogP) is 2.57. The number of rotatable bonds is 3. The van der Waals surface area contributed by atoms with E-state index in [-0.39, 0.29) is 24.8 Å². The van der Waals surface area contributed by atoms with E-state index in [1.54, 1.807) is 11.1 Å². The molecule has 3 aliphatic heterocycles. The van der Waals surface area contributed by atoms with Crippen LogP contribution in [0.4, 0.5) is 8.78 Å². The molecule has 2 unspecified atom stereocenters. The van der Waals surface area contributed by atoms with Gasteiger partial charge in [-0.25, -0.2) is 8.78 Å². The molecule has 160 valence electrons. The lowest BCUT2D eigenvalue weighted by Crippen LogP contribution is -2.49. The number of amides is 1. The van der Waals surface area contributed by atoms with Crippen LogP contribution >= 0.6 is 0 Å². The van der Waals surface area contributed by atoms with Crippen LogP contribution in [-0.4, -0.2) is 70.2 Å². The number of pyridine rings is 1. The number of piperidine rings is 1. The summed E-state index contributed by atoms with van der Waals surface area (Å²) in [5, 5.41) is 11.3. The summed E-state index contributed by atoms with van der Waals surface area (Å²) in [6, 6.07) is 5.35. The van der Waals surface area contributed by atoms with Gasteiger partial charge in [0, 0.05) is 68.3 Å². The lowest BCUT2D eigenvalue weighted by molar-refractivity contribution is -0.0566. The number of nitrogens with zero attached hydrogens (tertiary/aromatic N) is 3. The van der Waals surface area contributed by atoms with Gasteiger partial charge in [0.25, 0.3) is 11.8 Å². The lowest BCUT2D eigenvalue weighted by atomic mass is 9.98. The van der Waals surface area contributed by atoms with Gasteiger partial charge < -0.3 is 14.7 Å². The molecular formula is C22H25F2N3O3. The molecule has 6 nitrogen and oxygen atoms in total. The third-order valence-corrected chi connectivity index (χ3v) is 6.58. The highest BCUT2D eigenvalue weighted by molar-refractivity contribution is 6.04. The average molecular weight is 417 g/mol. The molecule has 2 saturated heterocycles. The first kappa shape index (κ1) is 19.8. The summed E-state index contributed by atoms with van der Waals surface area (Å²) in [4.78, 5) is 21.5. The van der Waals surface area contributed by atoms with Crippen molar-refractivity contribution in [1.29, 1.82) is 0 Å². The fourth-order valence-corrected chi connectivity index (χ4v) is 4.81. The number of halogens is 2. The number of aromatic nitrogens is 1. The van der Waals surface area contributed by atoms with Gasteiger partial charge in [-0.3, -0.25) is 14.7 Å². The average Bonchev–Trinajstić information content (AvgIpc) is 3.07. The fourth-order valence-electron chi connectivity index (χ4n) is 4.81. The third kappa shape index (κ3) is 3.46. The minimum absolute atomic E-state index is 0.126. The highest BCUT2D eigenvalue weighted by Crippen LogP contribution is 2.35. The van der Waals surface area contributed by atoms with Crippen molar-refractivity contribution in [3.8, 4) is 0 Å². The molecule has 0 radical (unpaired) electrons. The Balaban J connectivity index is 1.47. The highest BCUT2D eigenvalue weighted by Gasteiger charge is 2.39. The maximum Gasteiger partial charge on any atom is 0.255 e. The molecule has 1 aromatic carbocycles. The molecule has 0 saturated carbocycles. The maximum atomic E-state index is 13.5. The SMILES string of the molecule is O=C1c2cc(CN3CCC(F)(F)CC3)c3cccnc3c2CN1C1COCCC1O. The molecule has 1 aromatic heterocycles. The van der Waals surface area contributed by atoms with Gasteiger partial charge in [-0.1, -0.05) is 6.07 Å². The second-order valence-electron chi connectivity index (χ2n) is 8.52. The highest BCUT2D eigenvalue weighted by atomic mass is 19.3. The number of fused-ring (bicyclic) bond motifs is 3. The Labute approximate surface area is 173 Å². The van der Waals surface area contributed by atoms with Gasteiger partial charge >= 0.3 is 0 Å². The Hall–Kier alpha value is -2.16. The molecule has 4 heterocycles. The van der Waals surface area contributed by atoms with Crippen LogP contribution in [0.5, 0.6) is 0 Å². The van der Waals surface area contributed by atoms with Gasteiger partial charge in [-0.05, 0) is 24.1 Å². The molecule has 5 rings (SSSR count). The van der Waals surface area contributed by atoms with Gasteiger partial charge in [0.05, 0.1) is 24.3 Å². The van der Waals surface area contributed by atoms with E-state index >= 15 is 0 Å².